The van der Waals surface area contributed by atoms with Crippen molar-refractivity contribution in [2.45, 2.75) is 44.7 Å². The minimum atomic E-state index is -0.0405. The number of carbonyl (C=O) groups is 2. The number of anilines is 1. The summed E-state index contributed by atoms with van der Waals surface area (Å²) in [5.41, 5.74) is 9.25. The van der Waals surface area contributed by atoms with E-state index >= 15 is 0 Å². The third-order valence-corrected chi connectivity index (χ3v) is 5.95. The molecule has 2 aromatic heterocycles. The molecule has 9 nitrogen and oxygen atoms in total. The van der Waals surface area contributed by atoms with E-state index in [-0.39, 0.29) is 5.91 Å². The van der Waals surface area contributed by atoms with E-state index < -0.39 is 0 Å². The van der Waals surface area contributed by atoms with Gasteiger partial charge < -0.3 is 25.7 Å². The number of nitrogens with one attached hydrogen (secondary N) is 2. The third kappa shape index (κ3) is 6.16. The molecule has 0 bridgehead atoms. The number of nitrogens with two attached hydrogens (primary N) is 1. The standard InChI is InChI=1S/C23H24N6O.C3H6O2/c24-21-20-17(13-29(22(20)27-14-26-21)19-8-10-25-11-9-19)5-4-15-2-1-3-16(12-15)23(30)28-18-6-7-18;1-2-5-3-4/h1-3,12-14,18-19,25H,6-11H2,(H,28,30)(H2,24,26,27);3H,2H2,1H3. The first-order valence-corrected chi connectivity index (χ1v) is 11.9. The molecule has 0 spiro atoms. The van der Waals surface area contributed by atoms with Gasteiger partial charge in [0.25, 0.3) is 12.4 Å². The second-order valence-electron chi connectivity index (χ2n) is 8.52. The first kappa shape index (κ1) is 24.2. The van der Waals surface area contributed by atoms with Gasteiger partial charge in [0.05, 0.1) is 17.6 Å². The van der Waals surface area contributed by atoms with E-state index in [1.807, 2.05) is 30.5 Å². The van der Waals surface area contributed by atoms with Crippen LogP contribution >= 0.6 is 0 Å². The highest BCUT2D eigenvalue weighted by Gasteiger charge is 2.24. The molecule has 1 amide bonds. The number of ether oxygens (including phenoxy) is 1. The summed E-state index contributed by atoms with van der Waals surface area (Å²) in [5, 5.41) is 7.21. The topological polar surface area (TPSA) is 124 Å². The maximum absolute atomic E-state index is 12.3. The summed E-state index contributed by atoms with van der Waals surface area (Å²) in [6, 6.07) is 8.12. The van der Waals surface area contributed by atoms with Crippen LogP contribution in [0.5, 0.6) is 0 Å². The minimum absolute atomic E-state index is 0.0405. The van der Waals surface area contributed by atoms with Crippen LogP contribution in [0, 0.1) is 11.8 Å². The van der Waals surface area contributed by atoms with Crippen molar-refractivity contribution in [3.8, 4) is 11.8 Å². The van der Waals surface area contributed by atoms with Crippen LogP contribution in [0.25, 0.3) is 11.0 Å². The molecule has 4 N–H and O–H groups in total. The zero-order valence-electron chi connectivity index (χ0n) is 19.8. The third-order valence-electron chi connectivity index (χ3n) is 5.95. The average molecular weight is 475 g/mol. The molecule has 2 aliphatic rings. The molecule has 9 heteroatoms. The molecule has 182 valence electrons. The predicted molar refractivity (Wildman–Crippen MR) is 134 cm³/mol. The van der Waals surface area contributed by atoms with Crippen molar-refractivity contribution >= 4 is 29.2 Å². The van der Waals surface area contributed by atoms with Gasteiger partial charge in [0.15, 0.2) is 0 Å². The second-order valence-corrected chi connectivity index (χ2v) is 8.52. The van der Waals surface area contributed by atoms with E-state index in [1.54, 1.807) is 6.92 Å². The van der Waals surface area contributed by atoms with Gasteiger partial charge in [0.2, 0.25) is 0 Å². The fraction of sp³-hybridized carbons (Fsp3) is 0.385. The maximum atomic E-state index is 12.3. The van der Waals surface area contributed by atoms with Crippen LogP contribution < -0.4 is 16.4 Å². The first-order valence-electron chi connectivity index (χ1n) is 11.9. The number of benzene rings is 1. The summed E-state index contributed by atoms with van der Waals surface area (Å²) < 4.78 is 6.34. The monoisotopic (exact) mass is 474 g/mol. The molecule has 3 aromatic rings. The Balaban J connectivity index is 0.000000527. The van der Waals surface area contributed by atoms with Crippen molar-refractivity contribution in [3.63, 3.8) is 0 Å². The summed E-state index contributed by atoms with van der Waals surface area (Å²) in [6.45, 7) is 4.64. The summed E-state index contributed by atoms with van der Waals surface area (Å²) in [7, 11) is 0. The minimum Gasteiger partial charge on any atom is -0.468 e. The zero-order valence-corrected chi connectivity index (χ0v) is 19.8. The molecule has 0 atom stereocenters. The molecular weight excluding hydrogens is 444 g/mol. The summed E-state index contributed by atoms with van der Waals surface area (Å²) in [6.07, 6.45) is 7.76. The highest BCUT2D eigenvalue weighted by Crippen LogP contribution is 2.29. The van der Waals surface area contributed by atoms with E-state index in [4.69, 9.17) is 5.73 Å². The Morgan fingerprint density at radius 1 is 1.26 bits per heavy atom. The maximum Gasteiger partial charge on any atom is 0.293 e. The van der Waals surface area contributed by atoms with Crippen LogP contribution in [-0.2, 0) is 9.53 Å². The number of hydrogen-bond donors (Lipinski definition) is 3. The smallest absolute Gasteiger partial charge is 0.293 e. The van der Waals surface area contributed by atoms with Crippen LogP contribution in [0.2, 0.25) is 0 Å². The van der Waals surface area contributed by atoms with E-state index in [0.29, 0.717) is 36.5 Å². The molecule has 1 aliphatic heterocycles. The van der Waals surface area contributed by atoms with E-state index in [2.05, 4.69) is 41.7 Å². The van der Waals surface area contributed by atoms with Crippen molar-refractivity contribution in [2.24, 2.45) is 0 Å². The number of hydrogen-bond acceptors (Lipinski definition) is 7. The molecule has 35 heavy (non-hydrogen) atoms. The lowest BCUT2D eigenvalue weighted by atomic mass is 10.1. The lowest BCUT2D eigenvalue weighted by Crippen LogP contribution is -2.29. The van der Waals surface area contributed by atoms with Crippen LogP contribution in [0.15, 0.2) is 36.8 Å². The lowest BCUT2D eigenvalue weighted by Gasteiger charge is -2.24. The van der Waals surface area contributed by atoms with Gasteiger partial charge in [0.1, 0.15) is 17.8 Å². The Bertz CT molecular complexity index is 1250. The fourth-order valence-electron chi connectivity index (χ4n) is 4.01. The highest BCUT2D eigenvalue weighted by atomic mass is 16.5. The molecule has 1 aromatic carbocycles. The largest absolute Gasteiger partial charge is 0.468 e. The quantitative estimate of drug-likeness (QED) is 0.383. The van der Waals surface area contributed by atoms with Gasteiger partial charge in [-0.1, -0.05) is 17.9 Å². The molecule has 5 rings (SSSR count). The SMILES string of the molecule is CCOC=O.Nc1ncnc2c1c(C#Cc1cccc(C(=O)NC3CC3)c1)cn2C1CCNCC1. The van der Waals surface area contributed by atoms with Gasteiger partial charge in [-0.3, -0.25) is 9.59 Å². The molecule has 1 saturated heterocycles. The molecule has 3 heterocycles. The van der Waals surface area contributed by atoms with E-state index in [1.165, 1.54) is 6.33 Å². The van der Waals surface area contributed by atoms with Crippen LogP contribution in [0.3, 0.4) is 0 Å². The Hall–Kier alpha value is -3.90. The number of nitrogens with zero attached hydrogens (tertiary/aromatic N) is 3. The summed E-state index contributed by atoms with van der Waals surface area (Å²) in [4.78, 5) is 30.2. The zero-order chi connectivity index (χ0) is 24.6. The van der Waals surface area contributed by atoms with Gasteiger partial charge >= 0.3 is 0 Å². The molecule has 0 radical (unpaired) electrons. The van der Waals surface area contributed by atoms with Crippen molar-refractivity contribution in [1.29, 1.82) is 0 Å². The number of fused-ring (bicyclic) bond motifs is 1. The Kier molecular flexibility index (Phi) is 7.95. The molecule has 1 saturated carbocycles. The van der Waals surface area contributed by atoms with Gasteiger partial charge in [0, 0.05) is 29.4 Å². The van der Waals surface area contributed by atoms with E-state index in [9.17, 15) is 9.59 Å². The Morgan fingerprint density at radius 3 is 2.74 bits per heavy atom. The number of nitrogen functional groups attached to an aromatic ring is 1. The van der Waals surface area contributed by atoms with Crippen molar-refractivity contribution in [1.82, 2.24) is 25.2 Å². The lowest BCUT2D eigenvalue weighted by molar-refractivity contribution is -0.128. The van der Waals surface area contributed by atoms with Crippen molar-refractivity contribution < 1.29 is 14.3 Å². The van der Waals surface area contributed by atoms with E-state index in [0.717, 1.165) is 60.9 Å². The van der Waals surface area contributed by atoms with Gasteiger partial charge in [-0.2, -0.15) is 0 Å². The molecular formula is C26H30N6O3. The number of carbonyl (C=O) groups excluding carboxylic acids is 2. The summed E-state index contributed by atoms with van der Waals surface area (Å²) >= 11 is 0. The van der Waals surface area contributed by atoms with Crippen molar-refractivity contribution in [2.75, 3.05) is 25.4 Å². The number of rotatable bonds is 5. The Labute approximate surface area is 204 Å². The average Bonchev–Trinajstić information content (AvgIpc) is 3.62. The summed E-state index contributed by atoms with van der Waals surface area (Å²) in [5.74, 6) is 6.84. The highest BCUT2D eigenvalue weighted by molar-refractivity contribution is 5.95. The normalized spacial score (nSPS) is 15.3. The number of piperidine rings is 1. The molecule has 0 unspecified atom stereocenters. The second kappa shape index (κ2) is 11.5. The van der Waals surface area contributed by atoms with Crippen LogP contribution in [0.4, 0.5) is 5.82 Å². The first-order chi connectivity index (χ1) is 17.1. The van der Waals surface area contributed by atoms with Crippen LogP contribution in [0.1, 0.15) is 60.1 Å². The Morgan fingerprint density at radius 2 is 2.06 bits per heavy atom. The molecule has 1 aliphatic carbocycles. The number of amides is 1. The van der Waals surface area contributed by atoms with Crippen molar-refractivity contribution in [3.05, 3.63) is 53.5 Å². The number of aromatic nitrogens is 3. The van der Waals surface area contributed by atoms with Crippen LogP contribution in [-0.4, -0.2) is 52.7 Å². The fourth-order valence-corrected chi connectivity index (χ4v) is 4.01. The van der Waals surface area contributed by atoms with Gasteiger partial charge in [-0.05, 0) is 63.9 Å². The molecule has 2 fully saturated rings. The van der Waals surface area contributed by atoms with Gasteiger partial charge in [-0.15, -0.1) is 0 Å². The van der Waals surface area contributed by atoms with Gasteiger partial charge in [-0.25, -0.2) is 9.97 Å². The predicted octanol–water partition coefficient (Wildman–Crippen LogP) is 2.41.